The Labute approximate surface area is 164 Å². The molecule has 134 valence electrons. The van der Waals surface area contributed by atoms with Crippen molar-refractivity contribution >= 4 is 37.8 Å². The molecule has 0 aliphatic carbocycles. The third-order valence-corrected chi connectivity index (χ3v) is 4.96. The third-order valence-electron chi connectivity index (χ3n) is 3.78. The number of phenols is 1. The van der Waals surface area contributed by atoms with Crippen molar-refractivity contribution < 1.29 is 19.4 Å². The number of ether oxygens (including phenoxy) is 2. The molecule has 0 fully saturated rings. The standard InChI is InChI=1S/C19H20Br2O4/c1-10(2)14-9-13(5-11(3)18(14)23)25-19-15(20)6-12(7-16(19)21)8-17(22)24-4/h5-7,9-10,23H,8H2,1-4H3. The van der Waals surface area contributed by atoms with Gasteiger partial charge in [-0.25, -0.2) is 0 Å². The lowest BCUT2D eigenvalue weighted by Gasteiger charge is -2.16. The molecule has 0 atom stereocenters. The van der Waals surface area contributed by atoms with Gasteiger partial charge in [0.1, 0.15) is 11.5 Å². The zero-order chi connectivity index (χ0) is 18.7. The number of halogens is 2. The van der Waals surface area contributed by atoms with Crippen LogP contribution in [0.4, 0.5) is 0 Å². The number of esters is 1. The Kier molecular flexibility index (Phi) is 6.52. The van der Waals surface area contributed by atoms with Gasteiger partial charge in [0, 0.05) is 5.56 Å². The number of hydrogen-bond acceptors (Lipinski definition) is 4. The van der Waals surface area contributed by atoms with Crippen molar-refractivity contribution in [2.45, 2.75) is 33.1 Å². The Hall–Kier alpha value is -1.53. The van der Waals surface area contributed by atoms with E-state index in [2.05, 4.69) is 31.9 Å². The lowest BCUT2D eigenvalue weighted by molar-refractivity contribution is -0.139. The van der Waals surface area contributed by atoms with E-state index in [0.717, 1.165) is 25.6 Å². The number of carbonyl (C=O) groups is 1. The van der Waals surface area contributed by atoms with E-state index in [9.17, 15) is 9.90 Å². The van der Waals surface area contributed by atoms with E-state index in [1.54, 1.807) is 6.07 Å². The van der Waals surface area contributed by atoms with E-state index in [-0.39, 0.29) is 18.3 Å². The number of carbonyl (C=O) groups excluding carboxylic acids is 1. The molecule has 0 unspecified atom stereocenters. The van der Waals surface area contributed by atoms with Gasteiger partial charge in [-0.05, 0) is 80.1 Å². The minimum absolute atomic E-state index is 0.177. The molecule has 25 heavy (non-hydrogen) atoms. The van der Waals surface area contributed by atoms with Gasteiger partial charge >= 0.3 is 5.97 Å². The molecule has 0 aromatic heterocycles. The van der Waals surface area contributed by atoms with Crippen LogP contribution in [-0.4, -0.2) is 18.2 Å². The Morgan fingerprint density at radius 1 is 1.16 bits per heavy atom. The predicted molar refractivity (Wildman–Crippen MR) is 105 cm³/mol. The SMILES string of the molecule is COC(=O)Cc1cc(Br)c(Oc2cc(C)c(O)c(C(C)C)c2)c(Br)c1. The molecular formula is C19H20Br2O4. The van der Waals surface area contributed by atoms with Gasteiger partial charge in [-0.3, -0.25) is 4.79 Å². The third kappa shape index (κ3) is 4.76. The van der Waals surface area contributed by atoms with Crippen LogP contribution in [0.15, 0.2) is 33.2 Å². The molecule has 0 heterocycles. The molecule has 0 saturated heterocycles. The molecule has 0 aliphatic heterocycles. The van der Waals surface area contributed by atoms with E-state index in [0.29, 0.717) is 17.2 Å². The summed E-state index contributed by atoms with van der Waals surface area (Å²) in [5, 5.41) is 10.2. The van der Waals surface area contributed by atoms with Crippen molar-refractivity contribution in [3.8, 4) is 17.2 Å². The van der Waals surface area contributed by atoms with E-state index >= 15 is 0 Å². The van der Waals surface area contributed by atoms with Gasteiger partial charge in [-0.2, -0.15) is 0 Å². The van der Waals surface area contributed by atoms with Gasteiger partial charge in [0.25, 0.3) is 0 Å². The van der Waals surface area contributed by atoms with Gasteiger partial charge in [0.05, 0.1) is 22.5 Å². The largest absolute Gasteiger partial charge is 0.507 e. The average Bonchev–Trinajstić information content (AvgIpc) is 2.53. The molecule has 1 N–H and O–H groups in total. The maximum absolute atomic E-state index is 11.4. The van der Waals surface area contributed by atoms with Crippen LogP contribution < -0.4 is 4.74 Å². The first-order chi connectivity index (χ1) is 11.7. The maximum atomic E-state index is 11.4. The van der Waals surface area contributed by atoms with Crippen LogP contribution in [0.3, 0.4) is 0 Å². The van der Waals surface area contributed by atoms with Crippen LogP contribution in [0.2, 0.25) is 0 Å². The number of aryl methyl sites for hydroxylation is 1. The summed E-state index contributed by atoms with van der Waals surface area (Å²) in [4.78, 5) is 11.4. The van der Waals surface area contributed by atoms with Gasteiger partial charge in [0.15, 0.2) is 5.75 Å². The average molecular weight is 472 g/mol. The van der Waals surface area contributed by atoms with Crippen LogP contribution >= 0.6 is 31.9 Å². The molecule has 0 radical (unpaired) electrons. The number of rotatable bonds is 5. The first kappa shape index (κ1) is 19.8. The highest BCUT2D eigenvalue weighted by Gasteiger charge is 2.15. The van der Waals surface area contributed by atoms with Crippen LogP contribution in [-0.2, 0) is 16.0 Å². The highest BCUT2D eigenvalue weighted by atomic mass is 79.9. The Bertz CT molecular complexity index is 777. The molecule has 2 rings (SSSR count). The fourth-order valence-corrected chi connectivity index (χ4v) is 3.88. The molecule has 4 nitrogen and oxygen atoms in total. The maximum Gasteiger partial charge on any atom is 0.309 e. The molecule has 2 aromatic carbocycles. The van der Waals surface area contributed by atoms with Crippen molar-refractivity contribution in [2.24, 2.45) is 0 Å². The second-order valence-corrected chi connectivity index (χ2v) is 7.78. The first-order valence-electron chi connectivity index (χ1n) is 7.79. The molecule has 0 bridgehead atoms. The smallest absolute Gasteiger partial charge is 0.309 e. The predicted octanol–water partition coefficient (Wildman–Crippen LogP) is 5.86. The fraction of sp³-hybridized carbons (Fsp3) is 0.316. The van der Waals surface area contributed by atoms with E-state index in [1.165, 1.54) is 7.11 Å². The Balaban J connectivity index is 2.36. The lowest BCUT2D eigenvalue weighted by Crippen LogP contribution is -2.04. The summed E-state index contributed by atoms with van der Waals surface area (Å²) in [5.74, 6) is 1.42. The topological polar surface area (TPSA) is 55.8 Å². The summed E-state index contributed by atoms with van der Waals surface area (Å²) < 4.78 is 12.2. The van der Waals surface area contributed by atoms with Crippen LogP contribution in [0.1, 0.15) is 36.5 Å². The minimum Gasteiger partial charge on any atom is -0.507 e. The molecule has 2 aromatic rings. The van der Waals surface area contributed by atoms with Crippen molar-refractivity contribution in [2.75, 3.05) is 7.11 Å². The Morgan fingerprint density at radius 2 is 1.76 bits per heavy atom. The number of hydrogen-bond donors (Lipinski definition) is 1. The van der Waals surface area contributed by atoms with E-state index < -0.39 is 0 Å². The number of benzene rings is 2. The quantitative estimate of drug-likeness (QED) is 0.555. The highest BCUT2D eigenvalue weighted by molar-refractivity contribution is 9.11. The summed E-state index contributed by atoms with van der Waals surface area (Å²) in [6, 6.07) is 7.29. The second kappa shape index (κ2) is 8.23. The lowest BCUT2D eigenvalue weighted by atomic mass is 9.99. The van der Waals surface area contributed by atoms with Crippen LogP contribution in [0, 0.1) is 6.92 Å². The second-order valence-electron chi connectivity index (χ2n) is 6.08. The molecule has 0 saturated carbocycles. The molecule has 0 aliphatic rings. The van der Waals surface area contributed by atoms with Gasteiger partial charge < -0.3 is 14.6 Å². The number of aromatic hydroxyl groups is 1. The van der Waals surface area contributed by atoms with Gasteiger partial charge in [-0.1, -0.05) is 13.8 Å². The van der Waals surface area contributed by atoms with Crippen LogP contribution in [0.5, 0.6) is 17.2 Å². The van der Waals surface area contributed by atoms with Crippen LogP contribution in [0.25, 0.3) is 0 Å². The first-order valence-corrected chi connectivity index (χ1v) is 9.37. The monoisotopic (exact) mass is 470 g/mol. The van der Waals surface area contributed by atoms with E-state index in [1.807, 2.05) is 39.0 Å². The van der Waals surface area contributed by atoms with Gasteiger partial charge in [-0.15, -0.1) is 0 Å². The van der Waals surface area contributed by atoms with E-state index in [4.69, 9.17) is 9.47 Å². The molecular weight excluding hydrogens is 452 g/mol. The summed E-state index contributed by atoms with van der Waals surface area (Å²) >= 11 is 6.98. The number of phenolic OH excluding ortho intramolecular Hbond substituents is 1. The zero-order valence-corrected chi connectivity index (χ0v) is 17.7. The van der Waals surface area contributed by atoms with Crippen molar-refractivity contribution in [1.29, 1.82) is 0 Å². The summed E-state index contributed by atoms with van der Waals surface area (Å²) in [5.41, 5.74) is 2.41. The highest BCUT2D eigenvalue weighted by Crippen LogP contribution is 2.40. The normalized spacial score (nSPS) is 10.8. The molecule has 0 spiro atoms. The molecule has 6 heteroatoms. The Morgan fingerprint density at radius 3 is 2.28 bits per heavy atom. The summed E-state index contributed by atoms with van der Waals surface area (Å²) in [6.07, 6.45) is 0.184. The molecule has 0 amide bonds. The zero-order valence-electron chi connectivity index (χ0n) is 14.5. The van der Waals surface area contributed by atoms with Gasteiger partial charge in [0.2, 0.25) is 0 Å². The summed E-state index contributed by atoms with van der Waals surface area (Å²) in [6.45, 7) is 5.88. The van der Waals surface area contributed by atoms with Crippen molar-refractivity contribution in [1.82, 2.24) is 0 Å². The number of methoxy groups -OCH3 is 1. The fourth-order valence-electron chi connectivity index (χ4n) is 2.44. The summed E-state index contributed by atoms with van der Waals surface area (Å²) in [7, 11) is 1.36. The minimum atomic E-state index is -0.303. The van der Waals surface area contributed by atoms with Crippen molar-refractivity contribution in [3.63, 3.8) is 0 Å². The van der Waals surface area contributed by atoms with Crippen molar-refractivity contribution in [3.05, 3.63) is 49.9 Å².